The molecule has 2 aromatic carbocycles. The number of thioether (sulfide) groups is 1. The first-order chi connectivity index (χ1) is 12.9. The number of benzene rings is 2. The summed E-state index contributed by atoms with van der Waals surface area (Å²) < 4.78 is 15.4. The summed E-state index contributed by atoms with van der Waals surface area (Å²) in [7, 11) is 0. The fourth-order valence-electron chi connectivity index (χ4n) is 2.63. The largest absolute Gasteiger partial charge is 0.325 e. The fraction of sp³-hybridized carbons (Fsp3) is 0.222. The van der Waals surface area contributed by atoms with Gasteiger partial charge in [-0.2, -0.15) is 4.39 Å². The molecule has 1 aromatic heterocycles. The molecule has 0 radical (unpaired) electrons. The maximum atomic E-state index is 13.4. The average molecular weight is 388 g/mol. The summed E-state index contributed by atoms with van der Waals surface area (Å²) in [6.45, 7) is 4.43. The highest BCUT2D eigenvalue weighted by Crippen LogP contribution is 2.28. The SMILES string of the molecule is CCn1c(SC(C)C(=O)Nc2ccc(F)c([N+](=O)[O-])c2)nc2ccccc21. The molecule has 1 unspecified atom stereocenters. The normalized spacial score (nSPS) is 12.1. The lowest BCUT2D eigenvalue weighted by Gasteiger charge is -2.12. The number of hydrogen-bond acceptors (Lipinski definition) is 5. The molecular formula is C18H17FN4O3S. The maximum Gasteiger partial charge on any atom is 0.306 e. The van der Waals surface area contributed by atoms with Crippen LogP contribution in [0.1, 0.15) is 13.8 Å². The van der Waals surface area contributed by atoms with E-state index in [4.69, 9.17) is 0 Å². The molecule has 0 spiro atoms. The summed E-state index contributed by atoms with van der Waals surface area (Å²) in [6, 6.07) is 11.0. The number of nitro groups is 1. The highest BCUT2D eigenvalue weighted by Gasteiger charge is 2.21. The Morgan fingerprint density at radius 1 is 1.37 bits per heavy atom. The minimum absolute atomic E-state index is 0.171. The maximum absolute atomic E-state index is 13.4. The fourth-order valence-corrected chi connectivity index (χ4v) is 3.62. The van der Waals surface area contributed by atoms with Gasteiger partial charge in [0.25, 0.3) is 0 Å². The van der Waals surface area contributed by atoms with E-state index in [1.165, 1.54) is 17.8 Å². The van der Waals surface area contributed by atoms with Crippen LogP contribution in [0.25, 0.3) is 11.0 Å². The van der Waals surface area contributed by atoms with E-state index in [9.17, 15) is 19.3 Å². The number of para-hydroxylation sites is 2. The number of fused-ring (bicyclic) bond motifs is 1. The molecule has 140 valence electrons. The van der Waals surface area contributed by atoms with Gasteiger partial charge >= 0.3 is 5.69 Å². The highest BCUT2D eigenvalue weighted by atomic mass is 32.2. The minimum Gasteiger partial charge on any atom is -0.325 e. The van der Waals surface area contributed by atoms with Crippen LogP contribution in [0.3, 0.4) is 0 Å². The van der Waals surface area contributed by atoms with Crippen LogP contribution < -0.4 is 5.32 Å². The Bertz CT molecular complexity index is 1020. The minimum atomic E-state index is -0.947. The standard InChI is InChI=1S/C18H17FN4O3S/c1-3-22-15-7-5-4-6-14(15)21-18(22)27-11(2)17(24)20-12-8-9-13(19)16(10-12)23(25)26/h4-11H,3H2,1-2H3,(H,20,24). The molecule has 3 aromatic rings. The molecule has 1 heterocycles. The topological polar surface area (TPSA) is 90.1 Å². The van der Waals surface area contributed by atoms with Gasteiger partial charge in [-0.3, -0.25) is 14.9 Å². The van der Waals surface area contributed by atoms with Gasteiger partial charge in [-0.1, -0.05) is 23.9 Å². The van der Waals surface area contributed by atoms with Gasteiger partial charge in [-0.15, -0.1) is 0 Å². The van der Waals surface area contributed by atoms with Crippen LogP contribution in [0.5, 0.6) is 0 Å². The van der Waals surface area contributed by atoms with Gasteiger partial charge < -0.3 is 9.88 Å². The van der Waals surface area contributed by atoms with Crippen molar-refractivity contribution in [2.75, 3.05) is 5.32 Å². The lowest BCUT2D eigenvalue weighted by Crippen LogP contribution is -2.23. The number of amides is 1. The number of nitrogens with zero attached hydrogens (tertiary/aromatic N) is 3. The number of anilines is 1. The number of rotatable bonds is 6. The van der Waals surface area contributed by atoms with Gasteiger partial charge in [0.15, 0.2) is 5.16 Å². The second-order valence-corrected chi connectivity index (χ2v) is 7.11. The van der Waals surface area contributed by atoms with Crippen LogP contribution in [0.4, 0.5) is 15.8 Å². The lowest BCUT2D eigenvalue weighted by atomic mass is 10.2. The third kappa shape index (κ3) is 3.92. The molecule has 9 heteroatoms. The third-order valence-corrected chi connectivity index (χ3v) is 5.09. The molecule has 0 aliphatic heterocycles. The lowest BCUT2D eigenvalue weighted by molar-refractivity contribution is -0.387. The van der Waals surface area contributed by atoms with Crippen LogP contribution in [-0.2, 0) is 11.3 Å². The molecule has 3 rings (SSSR count). The molecule has 0 bridgehead atoms. The van der Waals surface area contributed by atoms with Gasteiger partial charge in [0.2, 0.25) is 11.7 Å². The van der Waals surface area contributed by atoms with Gasteiger partial charge in [0.1, 0.15) is 0 Å². The predicted molar refractivity (Wildman–Crippen MR) is 102 cm³/mol. The Hall–Kier alpha value is -2.94. The highest BCUT2D eigenvalue weighted by molar-refractivity contribution is 8.00. The summed E-state index contributed by atoms with van der Waals surface area (Å²) >= 11 is 1.29. The van der Waals surface area contributed by atoms with E-state index in [0.717, 1.165) is 23.2 Å². The van der Waals surface area contributed by atoms with Gasteiger partial charge in [0, 0.05) is 18.3 Å². The van der Waals surface area contributed by atoms with Crippen molar-refractivity contribution in [3.63, 3.8) is 0 Å². The molecule has 1 atom stereocenters. The van der Waals surface area contributed by atoms with E-state index >= 15 is 0 Å². The summed E-state index contributed by atoms with van der Waals surface area (Å²) in [5, 5.41) is 13.6. The Balaban J connectivity index is 1.77. The molecule has 0 aliphatic rings. The second-order valence-electron chi connectivity index (χ2n) is 5.80. The Morgan fingerprint density at radius 3 is 2.81 bits per heavy atom. The van der Waals surface area contributed by atoms with Crippen LogP contribution in [0.15, 0.2) is 47.6 Å². The number of aromatic nitrogens is 2. The predicted octanol–water partition coefficient (Wildman–Crippen LogP) is 4.22. The van der Waals surface area contributed by atoms with Crippen molar-refractivity contribution >= 4 is 40.1 Å². The number of nitrogens with one attached hydrogen (secondary N) is 1. The third-order valence-electron chi connectivity index (χ3n) is 4.00. The van der Waals surface area contributed by atoms with Crippen molar-refractivity contribution in [1.29, 1.82) is 0 Å². The van der Waals surface area contributed by atoms with E-state index in [1.54, 1.807) is 6.92 Å². The van der Waals surface area contributed by atoms with Gasteiger partial charge in [0.05, 0.1) is 21.2 Å². The molecule has 0 saturated heterocycles. The Labute approximate surface area is 158 Å². The zero-order chi connectivity index (χ0) is 19.6. The van der Waals surface area contributed by atoms with Crippen LogP contribution in [0, 0.1) is 15.9 Å². The number of aryl methyl sites for hydroxylation is 1. The van der Waals surface area contributed by atoms with Gasteiger partial charge in [-0.05, 0) is 38.1 Å². The molecule has 0 fully saturated rings. The first-order valence-electron chi connectivity index (χ1n) is 8.27. The van der Waals surface area contributed by atoms with E-state index in [2.05, 4.69) is 10.3 Å². The van der Waals surface area contributed by atoms with Crippen molar-refractivity contribution in [3.05, 3.63) is 58.4 Å². The quantitative estimate of drug-likeness (QED) is 0.388. The first kappa shape index (κ1) is 18.8. The number of hydrogen-bond donors (Lipinski definition) is 1. The van der Waals surface area contributed by atoms with Crippen molar-refractivity contribution in [2.45, 2.75) is 30.8 Å². The van der Waals surface area contributed by atoms with E-state index < -0.39 is 21.7 Å². The van der Waals surface area contributed by atoms with Crippen LogP contribution >= 0.6 is 11.8 Å². The molecule has 0 saturated carbocycles. The van der Waals surface area contributed by atoms with Gasteiger partial charge in [-0.25, -0.2) is 4.98 Å². The molecule has 7 nitrogen and oxygen atoms in total. The van der Waals surface area contributed by atoms with E-state index in [-0.39, 0.29) is 11.6 Å². The van der Waals surface area contributed by atoms with Crippen molar-refractivity contribution in [2.24, 2.45) is 0 Å². The molecule has 1 N–H and O–H groups in total. The second kappa shape index (κ2) is 7.75. The molecule has 0 aliphatic carbocycles. The number of carbonyl (C=O) groups is 1. The first-order valence-corrected chi connectivity index (χ1v) is 9.15. The smallest absolute Gasteiger partial charge is 0.306 e. The number of imidazole rings is 1. The number of halogens is 1. The summed E-state index contributed by atoms with van der Waals surface area (Å²) in [6.07, 6.45) is 0. The average Bonchev–Trinajstić information content (AvgIpc) is 2.99. The summed E-state index contributed by atoms with van der Waals surface area (Å²) in [5.74, 6) is -1.30. The molecular weight excluding hydrogens is 371 g/mol. The monoisotopic (exact) mass is 388 g/mol. The molecule has 27 heavy (non-hydrogen) atoms. The molecule has 1 amide bonds. The zero-order valence-corrected chi connectivity index (χ0v) is 15.5. The summed E-state index contributed by atoms with van der Waals surface area (Å²) in [5.41, 5.74) is 1.33. The zero-order valence-electron chi connectivity index (χ0n) is 14.7. The van der Waals surface area contributed by atoms with Crippen molar-refractivity contribution < 1.29 is 14.1 Å². The van der Waals surface area contributed by atoms with E-state index in [0.29, 0.717) is 11.7 Å². The van der Waals surface area contributed by atoms with Crippen molar-refractivity contribution in [3.8, 4) is 0 Å². The summed E-state index contributed by atoms with van der Waals surface area (Å²) in [4.78, 5) is 27.0. The Morgan fingerprint density at radius 2 is 2.11 bits per heavy atom. The van der Waals surface area contributed by atoms with Crippen LogP contribution in [0.2, 0.25) is 0 Å². The number of nitro benzene ring substituents is 1. The Kier molecular flexibility index (Phi) is 5.41. The van der Waals surface area contributed by atoms with Crippen molar-refractivity contribution in [1.82, 2.24) is 9.55 Å². The van der Waals surface area contributed by atoms with E-state index in [1.807, 2.05) is 35.8 Å². The number of carbonyl (C=O) groups excluding carboxylic acids is 1. The van der Waals surface area contributed by atoms with Crippen LogP contribution in [-0.4, -0.2) is 25.6 Å².